The first-order chi connectivity index (χ1) is 7.61. The van der Waals surface area contributed by atoms with Crippen LogP contribution in [0.25, 0.3) is 0 Å². The molecule has 0 aliphatic heterocycles. The SMILES string of the molecule is CCC(CC)C(N)CNS(=O)(=O)CC(C)(C)C. The zero-order valence-electron chi connectivity index (χ0n) is 11.8. The van der Waals surface area contributed by atoms with E-state index >= 15 is 0 Å². The molecule has 0 aromatic carbocycles. The predicted molar refractivity (Wildman–Crippen MR) is 73.3 cm³/mol. The van der Waals surface area contributed by atoms with E-state index in [9.17, 15) is 8.42 Å². The van der Waals surface area contributed by atoms with E-state index < -0.39 is 10.0 Å². The molecule has 0 aliphatic carbocycles. The summed E-state index contributed by atoms with van der Waals surface area (Å²) in [5.41, 5.74) is 5.75. The van der Waals surface area contributed by atoms with Gasteiger partial charge in [0.2, 0.25) is 10.0 Å². The Kier molecular flexibility index (Phi) is 6.66. The zero-order valence-corrected chi connectivity index (χ0v) is 12.6. The van der Waals surface area contributed by atoms with Gasteiger partial charge in [-0.3, -0.25) is 0 Å². The minimum atomic E-state index is -3.21. The molecule has 0 aromatic rings. The summed E-state index contributed by atoms with van der Waals surface area (Å²) in [6.45, 7) is 10.2. The van der Waals surface area contributed by atoms with Crippen molar-refractivity contribution in [2.24, 2.45) is 17.1 Å². The number of nitrogens with one attached hydrogen (secondary N) is 1. The van der Waals surface area contributed by atoms with Crippen LogP contribution >= 0.6 is 0 Å². The summed E-state index contributed by atoms with van der Waals surface area (Å²) in [4.78, 5) is 0. The molecule has 0 spiro atoms. The summed E-state index contributed by atoms with van der Waals surface area (Å²) in [5.74, 6) is 0.516. The molecule has 4 nitrogen and oxygen atoms in total. The van der Waals surface area contributed by atoms with E-state index in [2.05, 4.69) is 18.6 Å². The fourth-order valence-electron chi connectivity index (χ4n) is 1.91. The molecule has 0 bridgehead atoms. The molecule has 1 unspecified atom stereocenters. The van der Waals surface area contributed by atoms with Crippen LogP contribution in [-0.4, -0.2) is 26.8 Å². The van der Waals surface area contributed by atoms with E-state index in [-0.39, 0.29) is 17.2 Å². The molecule has 104 valence electrons. The van der Waals surface area contributed by atoms with Gasteiger partial charge in [-0.2, -0.15) is 0 Å². The Bertz CT molecular complexity index is 303. The predicted octanol–water partition coefficient (Wildman–Crippen LogP) is 1.72. The third kappa shape index (κ3) is 7.73. The summed E-state index contributed by atoms with van der Waals surface area (Å²) in [6, 6.07) is -0.0975. The van der Waals surface area contributed by atoms with Crippen molar-refractivity contribution in [2.45, 2.75) is 53.5 Å². The molecule has 3 N–H and O–H groups in total. The second-order valence-corrected chi connectivity index (χ2v) is 7.72. The van der Waals surface area contributed by atoms with Gasteiger partial charge in [-0.25, -0.2) is 13.1 Å². The van der Waals surface area contributed by atoms with Gasteiger partial charge in [0.25, 0.3) is 0 Å². The van der Waals surface area contributed by atoms with Gasteiger partial charge in [0.05, 0.1) is 5.75 Å². The number of hydrogen-bond acceptors (Lipinski definition) is 3. The van der Waals surface area contributed by atoms with Gasteiger partial charge < -0.3 is 5.73 Å². The van der Waals surface area contributed by atoms with E-state index in [4.69, 9.17) is 5.73 Å². The van der Waals surface area contributed by atoms with E-state index in [0.29, 0.717) is 12.5 Å². The van der Waals surface area contributed by atoms with E-state index in [1.807, 2.05) is 20.8 Å². The minimum Gasteiger partial charge on any atom is -0.326 e. The molecule has 1 atom stereocenters. The highest BCUT2D eigenvalue weighted by Gasteiger charge is 2.23. The molecule has 0 radical (unpaired) electrons. The first-order valence-corrected chi connectivity index (χ1v) is 7.99. The average Bonchev–Trinajstić information content (AvgIpc) is 2.13. The van der Waals surface area contributed by atoms with Crippen LogP contribution in [0.1, 0.15) is 47.5 Å². The number of hydrogen-bond donors (Lipinski definition) is 2. The molecule has 0 fully saturated rings. The normalized spacial score (nSPS) is 15.2. The molecule has 0 heterocycles. The van der Waals surface area contributed by atoms with Crippen molar-refractivity contribution in [3.05, 3.63) is 0 Å². The maximum Gasteiger partial charge on any atom is 0.212 e. The standard InChI is InChI=1S/C12H28N2O2S/c1-6-10(7-2)11(13)8-14-17(15,16)9-12(3,4)5/h10-11,14H,6-9,13H2,1-5H3. The van der Waals surface area contributed by atoms with Crippen molar-refractivity contribution in [3.8, 4) is 0 Å². The highest BCUT2D eigenvalue weighted by atomic mass is 32.2. The van der Waals surface area contributed by atoms with Crippen molar-refractivity contribution in [2.75, 3.05) is 12.3 Å². The molecule has 0 saturated carbocycles. The maximum absolute atomic E-state index is 11.8. The average molecular weight is 264 g/mol. The Morgan fingerprint density at radius 1 is 1.18 bits per heavy atom. The first kappa shape index (κ1) is 16.9. The van der Waals surface area contributed by atoms with Crippen molar-refractivity contribution < 1.29 is 8.42 Å². The summed E-state index contributed by atoms with van der Waals surface area (Å²) < 4.78 is 26.2. The lowest BCUT2D eigenvalue weighted by molar-refractivity contribution is 0.390. The van der Waals surface area contributed by atoms with Crippen LogP contribution < -0.4 is 10.5 Å². The van der Waals surface area contributed by atoms with E-state index in [0.717, 1.165) is 12.8 Å². The van der Waals surface area contributed by atoms with Crippen LogP contribution in [0, 0.1) is 11.3 Å². The van der Waals surface area contributed by atoms with Gasteiger partial charge in [0, 0.05) is 12.6 Å². The molecule has 0 amide bonds. The molecular formula is C12H28N2O2S. The van der Waals surface area contributed by atoms with Crippen LogP contribution in [0.4, 0.5) is 0 Å². The summed E-state index contributed by atoms with van der Waals surface area (Å²) in [5, 5.41) is 0. The topological polar surface area (TPSA) is 72.2 Å². The fourth-order valence-corrected chi connectivity index (χ4v) is 3.59. The third-order valence-electron chi connectivity index (χ3n) is 2.82. The van der Waals surface area contributed by atoms with Crippen molar-refractivity contribution >= 4 is 10.0 Å². The van der Waals surface area contributed by atoms with Crippen LogP contribution in [0.2, 0.25) is 0 Å². The molecule has 0 saturated heterocycles. The van der Waals surface area contributed by atoms with Crippen LogP contribution in [0.3, 0.4) is 0 Å². The smallest absolute Gasteiger partial charge is 0.212 e. The van der Waals surface area contributed by atoms with E-state index in [1.165, 1.54) is 0 Å². The Labute approximate surface area is 106 Å². The van der Waals surface area contributed by atoms with Gasteiger partial charge in [-0.15, -0.1) is 0 Å². The molecule has 0 rings (SSSR count). The lowest BCUT2D eigenvalue weighted by Gasteiger charge is -2.23. The monoisotopic (exact) mass is 264 g/mol. The van der Waals surface area contributed by atoms with Gasteiger partial charge in [-0.05, 0) is 11.3 Å². The quantitative estimate of drug-likeness (QED) is 0.735. The minimum absolute atomic E-state index is 0.0975. The Balaban J connectivity index is 4.28. The van der Waals surface area contributed by atoms with Crippen LogP contribution in [0.15, 0.2) is 0 Å². The highest BCUT2D eigenvalue weighted by Crippen LogP contribution is 2.16. The third-order valence-corrected chi connectivity index (χ3v) is 4.67. The summed E-state index contributed by atoms with van der Waals surface area (Å²) in [6.07, 6.45) is 1.97. The van der Waals surface area contributed by atoms with Gasteiger partial charge in [0.15, 0.2) is 0 Å². The molecule has 0 aliphatic rings. The van der Waals surface area contributed by atoms with Crippen molar-refractivity contribution in [3.63, 3.8) is 0 Å². The lowest BCUT2D eigenvalue weighted by atomic mass is 9.95. The van der Waals surface area contributed by atoms with Crippen LogP contribution in [-0.2, 0) is 10.0 Å². The molecular weight excluding hydrogens is 236 g/mol. The van der Waals surface area contributed by atoms with Crippen molar-refractivity contribution in [1.82, 2.24) is 4.72 Å². The number of sulfonamides is 1. The largest absolute Gasteiger partial charge is 0.326 e. The van der Waals surface area contributed by atoms with Gasteiger partial charge in [0.1, 0.15) is 0 Å². The molecule has 0 aromatic heterocycles. The summed E-state index contributed by atoms with van der Waals surface area (Å²) >= 11 is 0. The van der Waals surface area contributed by atoms with E-state index in [1.54, 1.807) is 0 Å². The lowest BCUT2D eigenvalue weighted by Crippen LogP contribution is -2.43. The Morgan fingerprint density at radius 3 is 2.00 bits per heavy atom. The molecule has 17 heavy (non-hydrogen) atoms. The fraction of sp³-hybridized carbons (Fsp3) is 1.00. The number of nitrogens with two attached hydrogens (primary N) is 1. The second kappa shape index (κ2) is 6.71. The second-order valence-electron chi connectivity index (χ2n) is 5.91. The van der Waals surface area contributed by atoms with Crippen LogP contribution in [0.5, 0.6) is 0 Å². The zero-order chi connectivity index (χ0) is 13.7. The Morgan fingerprint density at radius 2 is 1.65 bits per heavy atom. The first-order valence-electron chi connectivity index (χ1n) is 6.34. The number of rotatable bonds is 7. The Hall–Kier alpha value is -0.130. The molecule has 5 heteroatoms. The summed E-state index contributed by atoms with van der Waals surface area (Å²) in [7, 11) is -3.21. The van der Waals surface area contributed by atoms with Crippen molar-refractivity contribution in [1.29, 1.82) is 0 Å². The highest BCUT2D eigenvalue weighted by molar-refractivity contribution is 7.89. The van der Waals surface area contributed by atoms with Gasteiger partial charge in [-0.1, -0.05) is 47.5 Å². The maximum atomic E-state index is 11.8. The van der Waals surface area contributed by atoms with Gasteiger partial charge >= 0.3 is 0 Å².